The number of fused-ring (bicyclic) bond motifs is 3. The summed E-state index contributed by atoms with van der Waals surface area (Å²) in [6.07, 6.45) is 3.18. The SMILES string of the molecule is NCCc1nc2c(s1)CCc1ccccc1-2. The number of nitrogens with zero attached hydrogens (tertiary/aromatic N) is 1. The minimum absolute atomic E-state index is 0.689. The fourth-order valence-electron chi connectivity index (χ4n) is 2.23. The molecule has 0 atom stereocenters. The van der Waals surface area contributed by atoms with Gasteiger partial charge in [0.15, 0.2) is 0 Å². The van der Waals surface area contributed by atoms with Crippen LogP contribution in [0.3, 0.4) is 0 Å². The molecule has 1 aromatic heterocycles. The van der Waals surface area contributed by atoms with Gasteiger partial charge in [0.1, 0.15) is 0 Å². The predicted octanol–water partition coefficient (Wildman–Crippen LogP) is 2.41. The minimum atomic E-state index is 0.689. The van der Waals surface area contributed by atoms with Crippen molar-refractivity contribution in [3.05, 3.63) is 39.7 Å². The molecule has 0 unspecified atom stereocenters. The number of aryl methyl sites for hydroxylation is 2. The molecule has 2 N–H and O–H groups in total. The molecule has 0 aliphatic heterocycles. The minimum Gasteiger partial charge on any atom is -0.330 e. The molecule has 0 saturated carbocycles. The zero-order valence-electron chi connectivity index (χ0n) is 9.07. The van der Waals surface area contributed by atoms with Crippen molar-refractivity contribution < 1.29 is 0 Å². The summed E-state index contributed by atoms with van der Waals surface area (Å²) in [5.41, 5.74) is 9.54. The highest BCUT2D eigenvalue weighted by Crippen LogP contribution is 2.36. The third-order valence-electron chi connectivity index (χ3n) is 2.99. The van der Waals surface area contributed by atoms with Crippen molar-refractivity contribution in [3.8, 4) is 11.3 Å². The van der Waals surface area contributed by atoms with Gasteiger partial charge < -0.3 is 5.73 Å². The number of nitrogens with two attached hydrogens (primary N) is 1. The van der Waals surface area contributed by atoms with Crippen LogP contribution in [0, 0.1) is 0 Å². The fourth-order valence-corrected chi connectivity index (χ4v) is 3.33. The van der Waals surface area contributed by atoms with Crippen molar-refractivity contribution in [2.45, 2.75) is 19.3 Å². The maximum absolute atomic E-state index is 5.58. The molecule has 1 aliphatic carbocycles. The normalized spacial score (nSPS) is 13.3. The van der Waals surface area contributed by atoms with Gasteiger partial charge in [-0.2, -0.15) is 0 Å². The van der Waals surface area contributed by atoms with E-state index in [1.807, 2.05) is 11.3 Å². The summed E-state index contributed by atoms with van der Waals surface area (Å²) in [4.78, 5) is 6.15. The Morgan fingerprint density at radius 2 is 2.12 bits per heavy atom. The first kappa shape index (κ1) is 10.00. The second kappa shape index (κ2) is 4.00. The molecule has 3 heteroatoms. The van der Waals surface area contributed by atoms with Crippen LogP contribution in [-0.2, 0) is 19.3 Å². The van der Waals surface area contributed by atoms with Crippen LogP contribution in [0.15, 0.2) is 24.3 Å². The Bertz CT molecular complexity index is 516. The average Bonchev–Trinajstić information content (AvgIpc) is 2.72. The highest BCUT2D eigenvalue weighted by atomic mass is 32.1. The van der Waals surface area contributed by atoms with E-state index in [1.54, 1.807) is 0 Å². The molecule has 1 aliphatic rings. The van der Waals surface area contributed by atoms with Gasteiger partial charge in [-0.05, 0) is 24.9 Å². The van der Waals surface area contributed by atoms with Gasteiger partial charge in [0.25, 0.3) is 0 Å². The van der Waals surface area contributed by atoms with E-state index in [2.05, 4.69) is 24.3 Å². The summed E-state index contributed by atoms with van der Waals surface area (Å²) in [6.45, 7) is 0.689. The Labute approximate surface area is 99.1 Å². The lowest BCUT2D eigenvalue weighted by molar-refractivity contribution is 0.938. The van der Waals surface area contributed by atoms with Gasteiger partial charge in [-0.15, -0.1) is 11.3 Å². The first-order valence-corrected chi connectivity index (χ1v) is 6.47. The quantitative estimate of drug-likeness (QED) is 0.860. The molecule has 1 heterocycles. The number of thiazole rings is 1. The summed E-state index contributed by atoms with van der Waals surface area (Å²) in [6, 6.07) is 8.59. The lowest BCUT2D eigenvalue weighted by Gasteiger charge is -2.13. The summed E-state index contributed by atoms with van der Waals surface area (Å²) < 4.78 is 0. The predicted molar refractivity (Wildman–Crippen MR) is 67.7 cm³/mol. The van der Waals surface area contributed by atoms with Crippen molar-refractivity contribution in [3.63, 3.8) is 0 Å². The number of hydrogen-bond acceptors (Lipinski definition) is 3. The second-order valence-corrected chi connectivity index (χ2v) is 5.24. The summed E-state index contributed by atoms with van der Waals surface area (Å²) in [5, 5.41) is 1.18. The van der Waals surface area contributed by atoms with Crippen molar-refractivity contribution in [2.75, 3.05) is 6.54 Å². The van der Waals surface area contributed by atoms with Crippen molar-refractivity contribution >= 4 is 11.3 Å². The molecule has 0 amide bonds. The lowest BCUT2D eigenvalue weighted by Crippen LogP contribution is -2.02. The van der Waals surface area contributed by atoms with Gasteiger partial charge >= 0.3 is 0 Å². The van der Waals surface area contributed by atoms with E-state index >= 15 is 0 Å². The number of hydrogen-bond donors (Lipinski definition) is 1. The van der Waals surface area contributed by atoms with Crippen molar-refractivity contribution in [1.29, 1.82) is 0 Å². The van der Waals surface area contributed by atoms with E-state index in [9.17, 15) is 0 Å². The molecule has 0 saturated heterocycles. The average molecular weight is 230 g/mol. The van der Waals surface area contributed by atoms with E-state index in [-0.39, 0.29) is 0 Å². The molecule has 2 nitrogen and oxygen atoms in total. The molecule has 1 aromatic carbocycles. The largest absolute Gasteiger partial charge is 0.330 e. The van der Waals surface area contributed by atoms with E-state index < -0.39 is 0 Å². The van der Waals surface area contributed by atoms with Gasteiger partial charge in [0, 0.05) is 16.9 Å². The Morgan fingerprint density at radius 1 is 1.25 bits per heavy atom. The maximum Gasteiger partial charge on any atom is 0.0948 e. The Morgan fingerprint density at radius 3 is 3.00 bits per heavy atom. The number of aromatic nitrogens is 1. The molecular weight excluding hydrogens is 216 g/mol. The van der Waals surface area contributed by atoms with Crippen LogP contribution in [0.2, 0.25) is 0 Å². The molecule has 82 valence electrons. The van der Waals surface area contributed by atoms with Crippen LogP contribution in [0.1, 0.15) is 15.4 Å². The van der Waals surface area contributed by atoms with Gasteiger partial charge in [-0.3, -0.25) is 0 Å². The zero-order valence-corrected chi connectivity index (χ0v) is 9.89. The third-order valence-corrected chi connectivity index (χ3v) is 4.17. The first-order valence-electron chi connectivity index (χ1n) is 5.65. The molecule has 0 bridgehead atoms. The molecule has 16 heavy (non-hydrogen) atoms. The topological polar surface area (TPSA) is 38.9 Å². The smallest absolute Gasteiger partial charge is 0.0948 e. The first-order chi connectivity index (χ1) is 7.88. The molecular formula is C13H14N2S. The Hall–Kier alpha value is -1.19. The van der Waals surface area contributed by atoms with Crippen LogP contribution in [0.4, 0.5) is 0 Å². The summed E-state index contributed by atoms with van der Waals surface area (Å²) in [5.74, 6) is 0. The summed E-state index contributed by atoms with van der Waals surface area (Å²) >= 11 is 1.83. The number of benzene rings is 1. The van der Waals surface area contributed by atoms with Crippen LogP contribution >= 0.6 is 11.3 Å². The van der Waals surface area contributed by atoms with Crippen molar-refractivity contribution in [2.24, 2.45) is 5.73 Å². The monoisotopic (exact) mass is 230 g/mol. The van der Waals surface area contributed by atoms with Crippen LogP contribution < -0.4 is 5.73 Å². The van der Waals surface area contributed by atoms with Gasteiger partial charge in [0.05, 0.1) is 10.7 Å². The van der Waals surface area contributed by atoms with Gasteiger partial charge in [-0.1, -0.05) is 24.3 Å². The maximum atomic E-state index is 5.58. The second-order valence-electron chi connectivity index (χ2n) is 4.08. The highest BCUT2D eigenvalue weighted by molar-refractivity contribution is 7.12. The van der Waals surface area contributed by atoms with E-state index in [4.69, 9.17) is 10.7 Å². The molecule has 3 rings (SSSR count). The van der Waals surface area contributed by atoms with Crippen LogP contribution in [0.25, 0.3) is 11.3 Å². The number of rotatable bonds is 2. The van der Waals surface area contributed by atoms with Gasteiger partial charge in [0.2, 0.25) is 0 Å². The standard InChI is InChI=1S/C13H14N2S/c14-8-7-12-15-13-10-4-2-1-3-9(10)5-6-11(13)16-12/h1-4H,5-8,14H2. The van der Waals surface area contributed by atoms with E-state index in [0.29, 0.717) is 6.54 Å². The van der Waals surface area contributed by atoms with Gasteiger partial charge in [-0.25, -0.2) is 4.98 Å². The molecule has 0 radical (unpaired) electrons. The molecule has 0 spiro atoms. The fraction of sp³-hybridized carbons (Fsp3) is 0.308. The Kier molecular flexibility index (Phi) is 2.50. The van der Waals surface area contributed by atoms with E-state index in [0.717, 1.165) is 19.3 Å². The lowest BCUT2D eigenvalue weighted by atomic mass is 9.94. The van der Waals surface area contributed by atoms with Crippen LogP contribution in [-0.4, -0.2) is 11.5 Å². The molecule has 2 aromatic rings. The van der Waals surface area contributed by atoms with Crippen molar-refractivity contribution in [1.82, 2.24) is 4.98 Å². The third kappa shape index (κ3) is 1.56. The highest BCUT2D eigenvalue weighted by Gasteiger charge is 2.19. The Balaban J connectivity index is 2.09. The molecule has 0 fully saturated rings. The van der Waals surface area contributed by atoms with Crippen LogP contribution in [0.5, 0.6) is 0 Å². The van der Waals surface area contributed by atoms with E-state index in [1.165, 1.54) is 26.7 Å². The zero-order chi connectivity index (χ0) is 11.0. The summed E-state index contributed by atoms with van der Waals surface area (Å²) in [7, 11) is 0.